The fourth-order valence-corrected chi connectivity index (χ4v) is 2.56. The highest BCUT2D eigenvalue weighted by Gasteiger charge is 2.44. The van der Waals surface area contributed by atoms with E-state index in [1.807, 2.05) is 6.92 Å². The minimum Gasteiger partial charge on any atom is -0.462 e. The van der Waals surface area contributed by atoms with E-state index in [0.29, 0.717) is 6.42 Å². The van der Waals surface area contributed by atoms with Crippen LogP contribution in [-0.2, 0) is 9.47 Å². The molecule has 0 aliphatic heterocycles. The molecule has 150 valence electrons. The number of hydrogen-bond acceptors (Lipinski definition) is 4. The number of alkyl halides is 3. The molecule has 1 unspecified atom stereocenters. The highest BCUT2D eigenvalue weighted by atomic mass is 19.4. The summed E-state index contributed by atoms with van der Waals surface area (Å²) in [5.41, 5.74) is -0.603. The van der Waals surface area contributed by atoms with E-state index in [4.69, 9.17) is 9.47 Å². The van der Waals surface area contributed by atoms with Crippen molar-refractivity contribution in [1.82, 2.24) is 0 Å². The van der Waals surface area contributed by atoms with Crippen molar-refractivity contribution in [3.05, 3.63) is 71.3 Å². The number of esters is 2. The minimum absolute atomic E-state index is 0.127. The third-order valence-electron chi connectivity index (χ3n) is 3.97. The van der Waals surface area contributed by atoms with Gasteiger partial charge in [-0.05, 0) is 18.6 Å². The van der Waals surface area contributed by atoms with Crippen LogP contribution in [-0.4, -0.2) is 24.7 Å². The first-order valence-electron chi connectivity index (χ1n) is 8.93. The van der Waals surface area contributed by atoms with Gasteiger partial charge in [-0.1, -0.05) is 62.2 Å². The smallest absolute Gasteiger partial charge is 0.429 e. The first kappa shape index (κ1) is 21.5. The number of rotatable bonds is 8. The van der Waals surface area contributed by atoms with Gasteiger partial charge in [0.05, 0.1) is 17.7 Å². The van der Waals surface area contributed by atoms with Crippen molar-refractivity contribution in [3.63, 3.8) is 0 Å². The molecule has 7 heteroatoms. The Hall–Kier alpha value is -2.83. The molecule has 0 saturated carbocycles. The second kappa shape index (κ2) is 9.92. The molecule has 0 fully saturated rings. The maximum Gasteiger partial charge on any atom is 0.429 e. The molecule has 0 bridgehead atoms. The third-order valence-corrected chi connectivity index (χ3v) is 3.97. The summed E-state index contributed by atoms with van der Waals surface area (Å²) in [6, 6.07) is 12.3. The lowest BCUT2D eigenvalue weighted by atomic mass is 10.1. The fourth-order valence-electron chi connectivity index (χ4n) is 2.56. The van der Waals surface area contributed by atoms with Crippen LogP contribution in [0.15, 0.2) is 54.6 Å². The predicted molar refractivity (Wildman–Crippen MR) is 96.9 cm³/mol. The molecule has 2 aromatic carbocycles. The van der Waals surface area contributed by atoms with Crippen LogP contribution in [0.5, 0.6) is 0 Å². The topological polar surface area (TPSA) is 52.6 Å². The lowest BCUT2D eigenvalue weighted by molar-refractivity contribution is -0.207. The predicted octanol–water partition coefficient (Wildman–Crippen LogP) is 5.49. The summed E-state index contributed by atoms with van der Waals surface area (Å²) in [7, 11) is 0. The Morgan fingerprint density at radius 1 is 0.893 bits per heavy atom. The van der Waals surface area contributed by atoms with Crippen LogP contribution in [0.3, 0.4) is 0 Å². The van der Waals surface area contributed by atoms with E-state index in [2.05, 4.69) is 0 Å². The summed E-state index contributed by atoms with van der Waals surface area (Å²) in [6.45, 7) is 2.17. The average molecular weight is 394 g/mol. The number of unbranched alkanes of at least 4 members (excludes halogenated alkanes) is 2. The van der Waals surface area contributed by atoms with E-state index in [1.165, 1.54) is 48.5 Å². The van der Waals surface area contributed by atoms with E-state index in [0.717, 1.165) is 12.8 Å². The number of ether oxygens (including phenoxy) is 2. The molecular formula is C21H21F3O4. The van der Waals surface area contributed by atoms with E-state index in [9.17, 15) is 22.8 Å². The molecule has 2 aromatic rings. The third kappa shape index (κ3) is 5.84. The molecule has 28 heavy (non-hydrogen) atoms. The lowest BCUT2D eigenvalue weighted by Crippen LogP contribution is -2.27. The van der Waals surface area contributed by atoms with Crippen LogP contribution >= 0.6 is 0 Å². The van der Waals surface area contributed by atoms with Gasteiger partial charge >= 0.3 is 18.1 Å². The number of halogens is 3. The highest BCUT2D eigenvalue weighted by molar-refractivity contribution is 6.03. The van der Waals surface area contributed by atoms with E-state index in [-0.39, 0.29) is 23.3 Å². The molecule has 0 saturated heterocycles. The van der Waals surface area contributed by atoms with Crippen LogP contribution in [0.4, 0.5) is 13.2 Å². The van der Waals surface area contributed by atoms with Crippen molar-refractivity contribution in [1.29, 1.82) is 0 Å². The standard InChI is InChI=1S/C21H21F3O4/c1-2-3-9-14-27-19(25)16-12-7-8-13-17(16)20(26)28-18(21(22,23)24)15-10-5-4-6-11-15/h4-8,10-13,18H,2-3,9,14H2,1H3. The summed E-state index contributed by atoms with van der Waals surface area (Å²) < 4.78 is 50.1. The van der Waals surface area contributed by atoms with Gasteiger partial charge in [0.2, 0.25) is 6.10 Å². The number of hydrogen-bond donors (Lipinski definition) is 0. The molecule has 0 radical (unpaired) electrons. The molecule has 0 amide bonds. The van der Waals surface area contributed by atoms with Gasteiger partial charge in [-0.25, -0.2) is 9.59 Å². The molecule has 0 spiro atoms. The Balaban J connectivity index is 2.20. The number of benzene rings is 2. The van der Waals surface area contributed by atoms with Gasteiger partial charge in [-0.3, -0.25) is 0 Å². The van der Waals surface area contributed by atoms with Crippen LogP contribution in [0.1, 0.15) is 58.6 Å². The Morgan fingerprint density at radius 3 is 2.04 bits per heavy atom. The van der Waals surface area contributed by atoms with Crippen molar-refractivity contribution in [2.45, 2.75) is 38.5 Å². The normalized spacial score (nSPS) is 12.3. The van der Waals surface area contributed by atoms with Crippen LogP contribution in [0, 0.1) is 0 Å². The van der Waals surface area contributed by atoms with E-state index in [1.54, 1.807) is 6.07 Å². The van der Waals surface area contributed by atoms with Crippen LogP contribution in [0.25, 0.3) is 0 Å². The Labute approximate surface area is 161 Å². The summed E-state index contributed by atoms with van der Waals surface area (Å²) in [6.07, 6.45) is -4.75. The molecular weight excluding hydrogens is 373 g/mol. The van der Waals surface area contributed by atoms with Gasteiger partial charge in [0.25, 0.3) is 0 Å². The lowest BCUT2D eigenvalue weighted by Gasteiger charge is -2.21. The average Bonchev–Trinajstić information content (AvgIpc) is 2.69. The monoisotopic (exact) mass is 394 g/mol. The first-order valence-corrected chi connectivity index (χ1v) is 8.93. The highest BCUT2D eigenvalue weighted by Crippen LogP contribution is 2.36. The summed E-state index contributed by atoms with van der Waals surface area (Å²) >= 11 is 0. The minimum atomic E-state index is -4.80. The van der Waals surface area contributed by atoms with Gasteiger partial charge in [-0.15, -0.1) is 0 Å². The van der Waals surface area contributed by atoms with Crippen molar-refractivity contribution >= 4 is 11.9 Å². The van der Waals surface area contributed by atoms with Gasteiger partial charge in [0.15, 0.2) is 0 Å². The fraction of sp³-hybridized carbons (Fsp3) is 0.333. The molecule has 1 atom stereocenters. The zero-order valence-corrected chi connectivity index (χ0v) is 15.4. The Morgan fingerprint density at radius 2 is 1.46 bits per heavy atom. The van der Waals surface area contributed by atoms with Crippen molar-refractivity contribution in [2.75, 3.05) is 6.61 Å². The number of carbonyl (C=O) groups is 2. The van der Waals surface area contributed by atoms with Crippen molar-refractivity contribution in [2.24, 2.45) is 0 Å². The summed E-state index contributed by atoms with van der Waals surface area (Å²) in [5, 5.41) is 0. The Kier molecular flexibility index (Phi) is 7.61. The molecule has 0 aliphatic carbocycles. The van der Waals surface area contributed by atoms with Crippen LogP contribution in [0.2, 0.25) is 0 Å². The summed E-state index contributed by atoms with van der Waals surface area (Å²) in [5.74, 6) is -2.01. The molecule has 0 aliphatic rings. The maximum atomic E-state index is 13.4. The van der Waals surface area contributed by atoms with Gasteiger partial charge in [0, 0.05) is 5.56 Å². The van der Waals surface area contributed by atoms with Gasteiger partial charge < -0.3 is 9.47 Å². The summed E-state index contributed by atoms with van der Waals surface area (Å²) in [4.78, 5) is 24.7. The molecule has 2 rings (SSSR count). The maximum absolute atomic E-state index is 13.4. The SMILES string of the molecule is CCCCCOC(=O)c1ccccc1C(=O)OC(c1ccccc1)C(F)(F)F. The molecule has 4 nitrogen and oxygen atoms in total. The first-order chi connectivity index (χ1) is 13.3. The zero-order chi connectivity index (χ0) is 20.6. The van der Waals surface area contributed by atoms with E-state index >= 15 is 0 Å². The zero-order valence-electron chi connectivity index (χ0n) is 15.4. The Bertz CT molecular complexity index is 788. The quantitative estimate of drug-likeness (QED) is 0.439. The molecule has 0 heterocycles. The molecule has 0 aromatic heterocycles. The number of carbonyl (C=O) groups excluding carboxylic acids is 2. The second-order valence-electron chi connectivity index (χ2n) is 6.13. The van der Waals surface area contributed by atoms with Crippen molar-refractivity contribution < 1.29 is 32.2 Å². The second-order valence-corrected chi connectivity index (χ2v) is 6.13. The van der Waals surface area contributed by atoms with Gasteiger partial charge in [0.1, 0.15) is 0 Å². The van der Waals surface area contributed by atoms with E-state index < -0.39 is 24.2 Å². The van der Waals surface area contributed by atoms with Crippen LogP contribution < -0.4 is 0 Å². The van der Waals surface area contributed by atoms with Crippen molar-refractivity contribution in [3.8, 4) is 0 Å². The van der Waals surface area contributed by atoms with Gasteiger partial charge in [-0.2, -0.15) is 13.2 Å². The molecule has 0 N–H and O–H groups in total. The largest absolute Gasteiger partial charge is 0.462 e.